The third-order valence-electron chi connectivity index (χ3n) is 3.79. The first kappa shape index (κ1) is 15.8. The van der Waals surface area contributed by atoms with Gasteiger partial charge in [0.15, 0.2) is 6.61 Å². The zero-order valence-corrected chi connectivity index (χ0v) is 13.3. The van der Waals surface area contributed by atoms with E-state index in [2.05, 4.69) is 17.2 Å². The van der Waals surface area contributed by atoms with Crippen LogP contribution in [0.4, 0.5) is 5.69 Å². The molecule has 0 radical (unpaired) electrons. The van der Waals surface area contributed by atoms with Crippen LogP contribution in [0.25, 0.3) is 10.9 Å². The first-order chi connectivity index (χ1) is 11.7. The van der Waals surface area contributed by atoms with Crippen LogP contribution in [0.1, 0.15) is 22.8 Å². The molecule has 24 heavy (non-hydrogen) atoms. The van der Waals surface area contributed by atoms with Gasteiger partial charge in [0.25, 0.3) is 5.91 Å². The van der Waals surface area contributed by atoms with Crippen molar-refractivity contribution >= 4 is 28.5 Å². The van der Waals surface area contributed by atoms with Crippen LogP contribution in [0.5, 0.6) is 0 Å². The lowest BCUT2D eigenvalue weighted by Crippen LogP contribution is -2.20. The molecule has 0 unspecified atom stereocenters. The van der Waals surface area contributed by atoms with Gasteiger partial charge in [-0.05, 0) is 30.2 Å². The van der Waals surface area contributed by atoms with Gasteiger partial charge in [0.1, 0.15) is 0 Å². The highest BCUT2D eigenvalue weighted by molar-refractivity contribution is 6.05. The number of hydrogen-bond acceptors (Lipinski definition) is 3. The average molecular weight is 322 g/mol. The number of aromatic amines is 1. The van der Waals surface area contributed by atoms with Crippen molar-refractivity contribution in [3.05, 3.63) is 65.9 Å². The minimum absolute atomic E-state index is 0.326. The van der Waals surface area contributed by atoms with E-state index in [1.54, 1.807) is 6.20 Å². The fourth-order valence-corrected chi connectivity index (χ4v) is 2.47. The average Bonchev–Trinajstić information content (AvgIpc) is 3.04. The van der Waals surface area contributed by atoms with E-state index in [-0.39, 0.29) is 12.5 Å². The molecule has 0 aliphatic carbocycles. The maximum absolute atomic E-state index is 12.1. The molecule has 5 heteroatoms. The fraction of sp³-hybridized carbons (Fsp3) is 0.158. The highest BCUT2D eigenvalue weighted by Crippen LogP contribution is 2.18. The molecule has 1 amide bonds. The van der Waals surface area contributed by atoms with Gasteiger partial charge >= 0.3 is 5.97 Å². The van der Waals surface area contributed by atoms with E-state index in [9.17, 15) is 9.59 Å². The molecular formula is C19H18N2O3. The fourth-order valence-electron chi connectivity index (χ4n) is 2.47. The molecule has 1 heterocycles. The van der Waals surface area contributed by atoms with E-state index < -0.39 is 5.97 Å². The van der Waals surface area contributed by atoms with Gasteiger partial charge in [-0.3, -0.25) is 4.79 Å². The summed E-state index contributed by atoms with van der Waals surface area (Å²) in [6, 6.07) is 15.0. The number of carbonyl (C=O) groups excluding carboxylic acids is 2. The molecule has 0 aliphatic rings. The Hall–Kier alpha value is -3.08. The molecule has 122 valence electrons. The number of aromatic nitrogens is 1. The number of para-hydroxylation sites is 1. The lowest BCUT2D eigenvalue weighted by molar-refractivity contribution is -0.119. The maximum Gasteiger partial charge on any atom is 0.340 e. The SMILES string of the molecule is CCc1ccc(NC(=O)COC(=O)c2c[nH]c3ccccc23)cc1. The van der Waals surface area contributed by atoms with Gasteiger partial charge in [-0.15, -0.1) is 0 Å². The van der Waals surface area contributed by atoms with Crippen LogP contribution in [0.15, 0.2) is 54.7 Å². The zero-order valence-electron chi connectivity index (χ0n) is 13.3. The summed E-state index contributed by atoms with van der Waals surface area (Å²) in [4.78, 5) is 27.1. The summed E-state index contributed by atoms with van der Waals surface area (Å²) in [5, 5.41) is 3.48. The van der Waals surface area contributed by atoms with E-state index in [0.717, 1.165) is 17.3 Å². The number of esters is 1. The standard InChI is InChI=1S/C19H18N2O3/c1-2-13-7-9-14(10-8-13)21-18(22)12-24-19(23)16-11-20-17-6-4-3-5-15(16)17/h3-11,20H,2,12H2,1H3,(H,21,22). The van der Waals surface area contributed by atoms with Crippen molar-refractivity contribution in [2.24, 2.45) is 0 Å². The second-order valence-corrected chi connectivity index (χ2v) is 5.42. The molecule has 0 aliphatic heterocycles. The van der Waals surface area contributed by atoms with Crippen LogP contribution in [0.3, 0.4) is 0 Å². The van der Waals surface area contributed by atoms with Crippen molar-refractivity contribution in [3.8, 4) is 0 Å². The number of benzene rings is 2. The van der Waals surface area contributed by atoms with Gasteiger partial charge in [-0.2, -0.15) is 0 Å². The quantitative estimate of drug-likeness (QED) is 0.706. The van der Waals surface area contributed by atoms with E-state index in [0.29, 0.717) is 11.3 Å². The number of aryl methyl sites for hydroxylation is 1. The van der Waals surface area contributed by atoms with Gasteiger partial charge in [-0.1, -0.05) is 37.3 Å². The number of rotatable bonds is 5. The molecule has 2 N–H and O–H groups in total. The van der Waals surface area contributed by atoms with Crippen LogP contribution < -0.4 is 5.32 Å². The molecule has 0 saturated heterocycles. The van der Waals surface area contributed by atoms with Crippen LogP contribution in [0, 0.1) is 0 Å². The summed E-state index contributed by atoms with van der Waals surface area (Å²) in [6.07, 6.45) is 2.53. The van der Waals surface area contributed by atoms with E-state index >= 15 is 0 Å². The predicted molar refractivity (Wildman–Crippen MR) is 93.0 cm³/mol. The maximum atomic E-state index is 12.1. The van der Waals surface area contributed by atoms with Gasteiger partial charge in [0.2, 0.25) is 0 Å². The lowest BCUT2D eigenvalue weighted by atomic mass is 10.1. The van der Waals surface area contributed by atoms with Gasteiger partial charge in [0.05, 0.1) is 5.56 Å². The smallest absolute Gasteiger partial charge is 0.340 e. The summed E-state index contributed by atoms with van der Waals surface area (Å²) in [5.41, 5.74) is 3.15. The normalized spacial score (nSPS) is 10.5. The monoisotopic (exact) mass is 322 g/mol. The largest absolute Gasteiger partial charge is 0.452 e. The summed E-state index contributed by atoms with van der Waals surface area (Å²) in [5.74, 6) is -0.892. The Morgan fingerprint density at radius 2 is 1.83 bits per heavy atom. The topological polar surface area (TPSA) is 71.2 Å². The van der Waals surface area contributed by atoms with Crippen molar-refractivity contribution < 1.29 is 14.3 Å². The van der Waals surface area contributed by atoms with E-state index in [4.69, 9.17) is 4.74 Å². The second-order valence-electron chi connectivity index (χ2n) is 5.42. The number of ether oxygens (including phenoxy) is 1. The molecule has 0 fully saturated rings. The number of H-pyrrole nitrogens is 1. The minimum atomic E-state index is -0.524. The van der Waals surface area contributed by atoms with Crippen molar-refractivity contribution in [2.45, 2.75) is 13.3 Å². The second kappa shape index (κ2) is 7.00. The van der Waals surface area contributed by atoms with Gasteiger partial charge in [-0.25, -0.2) is 4.79 Å². The number of hydrogen-bond donors (Lipinski definition) is 2. The highest BCUT2D eigenvalue weighted by Gasteiger charge is 2.14. The minimum Gasteiger partial charge on any atom is -0.452 e. The third kappa shape index (κ3) is 3.46. The van der Waals surface area contributed by atoms with Crippen molar-refractivity contribution in [1.82, 2.24) is 4.98 Å². The molecule has 1 aromatic heterocycles. The molecule has 3 rings (SSSR count). The van der Waals surface area contributed by atoms with Crippen LogP contribution in [0.2, 0.25) is 0 Å². The number of fused-ring (bicyclic) bond motifs is 1. The van der Waals surface area contributed by atoms with Crippen molar-refractivity contribution in [2.75, 3.05) is 11.9 Å². The number of anilines is 1. The van der Waals surface area contributed by atoms with E-state index in [1.807, 2.05) is 48.5 Å². The van der Waals surface area contributed by atoms with Crippen LogP contribution >= 0.6 is 0 Å². The number of amides is 1. The first-order valence-corrected chi connectivity index (χ1v) is 7.79. The van der Waals surface area contributed by atoms with Gasteiger partial charge < -0.3 is 15.0 Å². The number of carbonyl (C=O) groups is 2. The van der Waals surface area contributed by atoms with Crippen molar-refractivity contribution in [1.29, 1.82) is 0 Å². The Kier molecular flexibility index (Phi) is 4.61. The highest BCUT2D eigenvalue weighted by atomic mass is 16.5. The van der Waals surface area contributed by atoms with E-state index in [1.165, 1.54) is 5.56 Å². The summed E-state index contributed by atoms with van der Waals surface area (Å²) in [7, 11) is 0. The summed E-state index contributed by atoms with van der Waals surface area (Å²) in [6.45, 7) is 1.74. The Bertz CT molecular complexity index is 866. The van der Waals surface area contributed by atoms with Crippen LogP contribution in [-0.2, 0) is 16.0 Å². The Balaban J connectivity index is 1.58. The molecule has 0 atom stereocenters. The molecule has 3 aromatic rings. The predicted octanol–water partition coefficient (Wildman–Crippen LogP) is 3.53. The van der Waals surface area contributed by atoms with Gasteiger partial charge in [0, 0.05) is 22.8 Å². The number of nitrogens with one attached hydrogen (secondary N) is 2. The molecule has 0 bridgehead atoms. The molecule has 0 spiro atoms. The third-order valence-corrected chi connectivity index (χ3v) is 3.79. The first-order valence-electron chi connectivity index (χ1n) is 7.79. The molecule has 2 aromatic carbocycles. The Morgan fingerprint density at radius 3 is 2.58 bits per heavy atom. The van der Waals surface area contributed by atoms with Crippen molar-refractivity contribution in [3.63, 3.8) is 0 Å². The molecule has 5 nitrogen and oxygen atoms in total. The van der Waals surface area contributed by atoms with Crippen LogP contribution in [-0.4, -0.2) is 23.5 Å². The summed E-state index contributed by atoms with van der Waals surface area (Å²) >= 11 is 0. The molecular weight excluding hydrogens is 304 g/mol. The lowest BCUT2D eigenvalue weighted by Gasteiger charge is -2.07. The Labute approximate surface area is 139 Å². The molecule has 0 saturated carbocycles. The Morgan fingerprint density at radius 1 is 1.08 bits per heavy atom. The summed E-state index contributed by atoms with van der Waals surface area (Å²) < 4.78 is 5.10. The zero-order chi connectivity index (χ0) is 16.9.